The number of likely N-dealkylation sites (N-methyl/N-ethyl adjacent to an activating group) is 1. The normalized spacial score (nSPS) is 11.4. The number of benzene rings is 1. The van der Waals surface area contributed by atoms with Gasteiger partial charge in [0.1, 0.15) is 13.2 Å². The largest absolute Gasteiger partial charge is 0.443 e. The van der Waals surface area contributed by atoms with Gasteiger partial charge in [0.2, 0.25) is 0 Å². The van der Waals surface area contributed by atoms with Crippen LogP contribution in [0.2, 0.25) is 5.02 Å². The van der Waals surface area contributed by atoms with Gasteiger partial charge in [0.05, 0.1) is 18.0 Å². The van der Waals surface area contributed by atoms with Crippen LogP contribution in [0.15, 0.2) is 29.2 Å². The maximum Gasteiger partial charge on any atom is 0.421 e. The molecule has 0 fully saturated rings. The molecule has 0 radical (unpaired) electrons. The average molecular weight is 336 g/mol. The zero-order chi connectivity index (χ0) is 15.9. The van der Waals surface area contributed by atoms with E-state index < -0.39 is 16.1 Å². The van der Waals surface area contributed by atoms with Crippen LogP contribution in [0.4, 0.5) is 4.79 Å². The second kappa shape index (κ2) is 8.21. The van der Waals surface area contributed by atoms with Crippen LogP contribution in [0.3, 0.4) is 0 Å². The van der Waals surface area contributed by atoms with Crippen LogP contribution in [0.25, 0.3) is 0 Å². The highest BCUT2D eigenvalue weighted by molar-refractivity contribution is 7.90. The standard InChI is InChI=1S/C13H19ClN2O4S/c1-3-16(4-2)9-10-20-13(17)15-21(18,19)12-7-5-11(14)6-8-12/h5-8H,3-4,9-10H2,1-2H3,(H,15,17)/p+1. The zero-order valence-electron chi connectivity index (χ0n) is 12.1. The van der Waals surface area contributed by atoms with Crippen molar-refractivity contribution >= 4 is 27.7 Å². The topological polar surface area (TPSA) is 76.9 Å². The molecule has 0 heterocycles. The summed E-state index contributed by atoms with van der Waals surface area (Å²) in [6, 6.07) is 5.51. The van der Waals surface area contributed by atoms with Gasteiger partial charge in [-0.3, -0.25) is 0 Å². The predicted molar refractivity (Wildman–Crippen MR) is 80.0 cm³/mol. The van der Waals surface area contributed by atoms with E-state index >= 15 is 0 Å². The Balaban J connectivity index is 2.52. The molecule has 2 N–H and O–H groups in total. The van der Waals surface area contributed by atoms with E-state index in [9.17, 15) is 13.2 Å². The molecule has 0 aromatic heterocycles. The number of hydrogen-bond donors (Lipinski definition) is 2. The van der Waals surface area contributed by atoms with Gasteiger partial charge in [0.15, 0.2) is 0 Å². The van der Waals surface area contributed by atoms with Crippen LogP contribution in [-0.4, -0.2) is 40.8 Å². The summed E-state index contributed by atoms with van der Waals surface area (Å²) in [6.45, 7) is 6.71. The third-order valence-electron chi connectivity index (χ3n) is 3.03. The fraction of sp³-hybridized carbons (Fsp3) is 0.462. The molecule has 0 spiro atoms. The fourth-order valence-electron chi connectivity index (χ4n) is 1.70. The summed E-state index contributed by atoms with van der Waals surface area (Å²) in [5.74, 6) is 0. The van der Waals surface area contributed by atoms with E-state index in [1.807, 2.05) is 18.6 Å². The molecule has 1 amide bonds. The molecule has 1 aromatic rings. The molecule has 0 saturated carbocycles. The zero-order valence-corrected chi connectivity index (χ0v) is 13.6. The monoisotopic (exact) mass is 335 g/mol. The number of nitrogens with one attached hydrogen (secondary N) is 2. The molecule has 0 atom stereocenters. The SMILES string of the molecule is CC[NH+](CC)CCOC(=O)NS(=O)(=O)c1ccc(Cl)cc1. The lowest BCUT2D eigenvalue weighted by molar-refractivity contribution is -0.896. The Labute approximate surface area is 130 Å². The Morgan fingerprint density at radius 2 is 1.81 bits per heavy atom. The molecular formula is C13H20ClN2O4S+. The molecular weight excluding hydrogens is 316 g/mol. The van der Waals surface area contributed by atoms with Gasteiger partial charge in [0.25, 0.3) is 10.0 Å². The van der Waals surface area contributed by atoms with Crippen LogP contribution >= 0.6 is 11.6 Å². The van der Waals surface area contributed by atoms with Crippen LogP contribution < -0.4 is 9.62 Å². The number of carbonyl (C=O) groups is 1. The van der Waals surface area contributed by atoms with Gasteiger partial charge in [-0.25, -0.2) is 17.9 Å². The van der Waals surface area contributed by atoms with Gasteiger partial charge >= 0.3 is 6.09 Å². The third-order valence-corrected chi connectivity index (χ3v) is 4.61. The molecule has 0 unspecified atom stereocenters. The van der Waals surface area contributed by atoms with Gasteiger partial charge in [0, 0.05) is 5.02 Å². The van der Waals surface area contributed by atoms with Crippen molar-refractivity contribution in [2.45, 2.75) is 18.7 Å². The van der Waals surface area contributed by atoms with Crippen molar-refractivity contribution in [1.82, 2.24) is 4.72 Å². The number of rotatable bonds is 7. The lowest BCUT2D eigenvalue weighted by Gasteiger charge is -2.15. The molecule has 0 bridgehead atoms. The van der Waals surface area contributed by atoms with E-state index in [2.05, 4.69) is 0 Å². The first-order valence-corrected chi connectivity index (χ1v) is 8.53. The minimum atomic E-state index is -3.93. The molecule has 21 heavy (non-hydrogen) atoms. The molecule has 0 aliphatic carbocycles. The van der Waals surface area contributed by atoms with Crippen molar-refractivity contribution in [2.24, 2.45) is 0 Å². The number of carbonyl (C=O) groups excluding carboxylic acids is 1. The first-order chi connectivity index (χ1) is 9.89. The van der Waals surface area contributed by atoms with Gasteiger partial charge in [-0.1, -0.05) is 11.6 Å². The summed E-state index contributed by atoms with van der Waals surface area (Å²) >= 11 is 5.68. The number of hydrogen-bond acceptors (Lipinski definition) is 4. The minimum Gasteiger partial charge on any atom is -0.443 e. The number of amides is 1. The average Bonchev–Trinajstić information content (AvgIpc) is 2.43. The molecule has 6 nitrogen and oxygen atoms in total. The quantitative estimate of drug-likeness (QED) is 0.768. The van der Waals surface area contributed by atoms with E-state index in [1.54, 1.807) is 0 Å². The first kappa shape index (κ1) is 17.7. The molecule has 1 aromatic carbocycles. The van der Waals surface area contributed by atoms with Crippen LogP contribution in [0.5, 0.6) is 0 Å². The van der Waals surface area contributed by atoms with E-state index in [0.717, 1.165) is 13.1 Å². The number of quaternary nitrogens is 1. The summed E-state index contributed by atoms with van der Waals surface area (Å²) in [7, 11) is -3.93. The van der Waals surface area contributed by atoms with Gasteiger partial charge in [-0.2, -0.15) is 0 Å². The summed E-state index contributed by atoms with van der Waals surface area (Å²) < 4.78 is 30.5. The second-order valence-electron chi connectivity index (χ2n) is 4.40. The van der Waals surface area contributed by atoms with Gasteiger partial charge in [-0.05, 0) is 38.1 Å². The summed E-state index contributed by atoms with van der Waals surface area (Å²) in [5, 5.41) is 0.415. The van der Waals surface area contributed by atoms with Crippen LogP contribution in [0, 0.1) is 0 Å². The third kappa shape index (κ3) is 5.91. The summed E-state index contributed by atoms with van der Waals surface area (Å²) in [4.78, 5) is 12.7. The number of halogens is 1. The predicted octanol–water partition coefficient (Wildman–Crippen LogP) is 0.680. The highest BCUT2D eigenvalue weighted by atomic mass is 35.5. The van der Waals surface area contributed by atoms with Crippen molar-refractivity contribution in [1.29, 1.82) is 0 Å². The van der Waals surface area contributed by atoms with Crippen molar-refractivity contribution in [2.75, 3.05) is 26.2 Å². The van der Waals surface area contributed by atoms with Crippen molar-refractivity contribution in [3.63, 3.8) is 0 Å². The maximum atomic E-state index is 11.9. The van der Waals surface area contributed by atoms with Crippen molar-refractivity contribution in [3.05, 3.63) is 29.3 Å². The number of ether oxygens (including phenoxy) is 1. The Kier molecular flexibility index (Phi) is 6.94. The first-order valence-electron chi connectivity index (χ1n) is 6.67. The Bertz CT molecular complexity index is 556. The molecule has 118 valence electrons. The second-order valence-corrected chi connectivity index (χ2v) is 6.52. The minimum absolute atomic E-state index is 0.0433. The molecule has 0 saturated heterocycles. The van der Waals surface area contributed by atoms with Crippen molar-refractivity contribution in [3.8, 4) is 0 Å². The smallest absolute Gasteiger partial charge is 0.421 e. The highest BCUT2D eigenvalue weighted by Crippen LogP contribution is 2.13. The highest BCUT2D eigenvalue weighted by Gasteiger charge is 2.18. The maximum absolute atomic E-state index is 11.9. The van der Waals surface area contributed by atoms with Crippen molar-refractivity contribution < 1.29 is 22.8 Å². The van der Waals surface area contributed by atoms with Crippen LogP contribution in [0.1, 0.15) is 13.8 Å². The van der Waals surface area contributed by atoms with E-state index in [-0.39, 0.29) is 11.5 Å². The lowest BCUT2D eigenvalue weighted by Crippen LogP contribution is -3.11. The van der Waals surface area contributed by atoms with Crippen LogP contribution in [-0.2, 0) is 14.8 Å². The molecule has 0 aliphatic rings. The van der Waals surface area contributed by atoms with E-state index in [1.165, 1.54) is 29.2 Å². The molecule has 1 rings (SSSR count). The molecule has 8 heteroatoms. The number of sulfonamides is 1. The Hall–Kier alpha value is -1.31. The Morgan fingerprint density at radius 3 is 2.33 bits per heavy atom. The fourth-order valence-corrected chi connectivity index (χ4v) is 2.72. The lowest BCUT2D eigenvalue weighted by atomic mass is 10.4. The Morgan fingerprint density at radius 1 is 1.24 bits per heavy atom. The van der Waals surface area contributed by atoms with Gasteiger partial charge in [-0.15, -0.1) is 0 Å². The summed E-state index contributed by atoms with van der Waals surface area (Å²) in [6.07, 6.45) is -0.975. The van der Waals surface area contributed by atoms with E-state index in [4.69, 9.17) is 16.3 Å². The summed E-state index contributed by atoms with van der Waals surface area (Å²) in [5.41, 5.74) is 0. The van der Waals surface area contributed by atoms with E-state index in [0.29, 0.717) is 11.6 Å². The molecule has 0 aliphatic heterocycles. The van der Waals surface area contributed by atoms with Gasteiger partial charge < -0.3 is 9.64 Å².